The Morgan fingerprint density at radius 2 is 2.20 bits per heavy atom. The Morgan fingerprint density at radius 1 is 1.45 bits per heavy atom. The zero-order chi connectivity index (χ0) is 15.0. The Labute approximate surface area is 125 Å². The van der Waals surface area contributed by atoms with Crippen molar-refractivity contribution in [3.05, 3.63) is 23.2 Å². The molecule has 3 N–H and O–H groups in total. The van der Waals surface area contributed by atoms with Crippen LogP contribution in [0, 0.1) is 0 Å². The predicted molar refractivity (Wildman–Crippen MR) is 83.1 cm³/mol. The molecule has 0 aliphatic carbocycles. The number of nitrogens with zero attached hydrogens (tertiary/aromatic N) is 1. The molecule has 0 saturated carbocycles. The van der Waals surface area contributed by atoms with Gasteiger partial charge in [-0.05, 0) is 32.2 Å². The van der Waals surface area contributed by atoms with Gasteiger partial charge in [0.25, 0.3) is 0 Å². The van der Waals surface area contributed by atoms with Crippen molar-refractivity contribution in [3.8, 4) is 0 Å². The summed E-state index contributed by atoms with van der Waals surface area (Å²) in [5.74, 6) is -0.0673. The van der Waals surface area contributed by atoms with E-state index < -0.39 is 0 Å². The number of carbonyl (C=O) groups is 1. The zero-order valence-corrected chi connectivity index (χ0v) is 12.7. The van der Waals surface area contributed by atoms with Crippen LogP contribution >= 0.6 is 11.6 Å². The molecule has 0 aliphatic rings. The van der Waals surface area contributed by atoms with E-state index in [4.69, 9.17) is 22.1 Å². The molecule has 0 fully saturated rings. The lowest BCUT2D eigenvalue weighted by Crippen LogP contribution is -2.27. The van der Waals surface area contributed by atoms with Crippen LogP contribution in [0.15, 0.2) is 18.2 Å². The highest BCUT2D eigenvalue weighted by atomic mass is 35.5. The van der Waals surface area contributed by atoms with Gasteiger partial charge < -0.3 is 20.7 Å². The fourth-order valence-electron chi connectivity index (χ4n) is 1.63. The van der Waals surface area contributed by atoms with Gasteiger partial charge in [-0.1, -0.05) is 11.6 Å². The lowest BCUT2D eigenvalue weighted by atomic mass is 10.2. The minimum atomic E-state index is -0.0673. The summed E-state index contributed by atoms with van der Waals surface area (Å²) in [4.78, 5) is 13.9. The Kier molecular flexibility index (Phi) is 7.36. The van der Waals surface area contributed by atoms with Gasteiger partial charge in [-0.25, -0.2) is 0 Å². The largest absolute Gasteiger partial charge is 0.397 e. The lowest BCUT2D eigenvalue weighted by Gasteiger charge is -2.16. The first-order valence-corrected chi connectivity index (χ1v) is 7.02. The molecule has 0 unspecified atom stereocenters. The van der Waals surface area contributed by atoms with E-state index in [-0.39, 0.29) is 5.91 Å². The van der Waals surface area contributed by atoms with Gasteiger partial charge in [-0.15, -0.1) is 0 Å². The zero-order valence-electron chi connectivity index (χ0n) is 12.0. The highest BCUT2D eigenvalue weighted by Crippen LogP contribution is 2.22. The van der Waals surface area contributed by atoms with Crippen molar-refractivity contribution in [2.45, 2.75) is 13.3 Å². The first kappa shape index (κ1) is 16.8. The smallest absolute Gasteiger partial charge is 0.225 e. The summed E-state index contributed by atoms with van der Waals surface area (Å²) in [6.45, 7) is 4.84. The fourth-order valence-corrected chi connectivity index (χ4v) is 1.81. The molecule has 5 nitrogen and oxygen atoms in total. The molecule has 0 atom stereocenters. The summed E-state index contributed by atoms with van der Waals surface area (Å²) >= 11 is 5.81. The molecular formula is C14H22ClN3O2. The molecule has 6 heteroatoms. The molecule has 1 aromatic rings. The number of nitrogens with one attached hydrogen (secondary N) is 1. The number of carbonyl (C=O) groups excluding carboxylic acids is 1. The van der Waals surface area contributed by atoms with Gasteiger partial charge in [-0.3, -0.25) is 4.79 Å². The molecule has 0 saturated heterocycles. The van der Waals surface area contributed by atoms with Crippen LogP contribution in [0.25, 0.3) is 0 Å². The summed E-state index contributed by atoms with van der Waals surface area (Å²) in [7, 11) is 1.96. The Balaban J connectivity index is 2.33. The van der Waals surface area contributed by atoms with Crippen LogP contribution in [0.2, 0.25) is 5.02 Å². The summed E-state index contributed by atoms with van der Waals surface area (Å²) in [6.07, 6.45) is 0.407. The monoisotopic (exact) mass is 299 g/mol. The van der Waals surface area contributed by atoms with Crippen LogP contribution in [0.1, 0.15) is 13.3 Å². The standard InChI is InChI=1S/C14H22ClN3O2/c1-3-20-9-8-18(2)7-6-14(19)17-13-5-4-11(15)10-12(13)16/h4-5,10H,3,6-9,16H2,1-2H3,(H,17,19). The molecule has 20 heavy (non-hydrogen) atoms. The SMILES string of the molecule is CCOCCN(C)CCC(=O)Nc1ccc(Cl)cc1N. The highest BCUT2D eigenvalue weighted by Gasteiger charge is 2.07. The molecule has 0 radical (unpaired) electrons. The number of halogens is 1. The minimum Gasteiger partial charge on any atom is -0.397 e. The number of amides is 1. The second-order valence-electron chi connectivity index (χ2n) is 4.53. The van der Waals surface area contributed by atoms with E-state index in [1.54, 1.807) is 18.2 Å². The normalized spacial score (nSPS) is 10.8. The lowest BCUT2D eigenvalue weighted by molar-refractivity contribution is -0.116. The van der Waals surface area contributed by atoms with Crippen molar-refractivity contribution >= 4 is 28.9 Å². The van der Waals surface area contributed by atoms with Crippen LogP contribution in [-0.2, 0) is 9.53 Å². The van der Waals surface area contributed by atoms with Crippen molar-refractivity contribution in [2.75, 3.05) is 44.4 Å². The van der Waals surface area contributed by atoms with Gasteiger partial charge >= 0.3 is 0 Å². The van der Waals surface area contributed by atoms with E-state index in [1.807, 2.05) is 14.0 Å². The molecule has 0 bridgehead atoms. The topological polar surface area (TPSA) is 67.6 Å². The van der Waals surface area contributed by atoms with Crippen LogP contribution in [0.3, 0.4) is 0 Å². The second-order valence-corrected chi connectivity index (χ2v) is 4.97. The first-order valence-electron chi connectivity index (χ1n) is 6.64. The predicted octanol–water partition coefficient (Wildman–Crippen LogP) is 2.22. The van der Waals surface area contributed by atoms with Gasteiger partial charge in [0.15, 0.2) is 0 Å². The summed E-state index contributed by atoms with van der Waals surface area (Å²) in [5, 5.41) is 3.33. The van der Waals surface area contributed by atoms with Crippen molar-refractivity contribution in [2.24, 2.45) is 0 Å². The molecule has 1 amide bonds. The summed E-state index contributed by atoms with van der Waals surface area (Å²) < 4.78 is 5.26. The molecule has 0 aliphatic heterocycles. The number of anilines is 2. The maximum absolute atomic E-state index is 11.8. The van der Waals surface area contributed by atoms with E-state index in [0.717, 1.165) is 6.54 Å². The van der Waals surface area contributed by atoms with Gasteiger partial charge in [-0.2, -0.15) is 0 Å². The third kappa shape index (κ3) is 6.23. The third-order valence-electron chi connectivity index (χ3n) is 2.83. The number of nitrogen functional groups attached to an aromatic ring is 1. The Hall–Kier alpha value is -1.30. The van der Waals surface area contributed by atoms with Crippen molar-refractivity contribution < 1.29 is 9.53 Å². The molecule has 0 heterocycles. The Morgan fingerprint density at radius 3 is 2.85 bits per heavy atom. The van der Waals surface area contributed by atoms with E-state index >= 15 is 0 Å². The van der Waals surface area contributed by atoms with Gasteiger partial charge in [0, 0.05) is 31.1 Å². The molecule has 112 valence electrons. The van der Waals surface area contributed by atoms with Crippen LogP contribution in [0.4, 0.5) is 11.4 Å². The van der Waals surface area contributed by atoms with Gasteiger partial charge in [0.2, 0.25) is 5.91 Å². The van der Waals surface area contributed by atoms with Crippen LogP contribution in [0.5, 0.6) is 0 Å². The van der Waals surface area contributed by atoms with Crippen molar-refractivity contribution in [1.82, 2.24) is 4.90 Å². The minimum absolute atomic E-state index is 0.0673. The second kappa shape index (κ2) is 8.79. The average molecular weight is 300 g/mol. The van der Waals surface area contributed by atoms with Gasteiger partial charge in [0.1, 0.15) is 0 Å². The molecular weight excluding hydrogens is 278 g/mol. The quantitative estimate of drug-likeness (QED) is 0.570. The number of rotatable bonds is 8. The third-order valence-corrected chi connectivity index (χ3v) is 3.06. The van der Waals surface area contributed by atoms with Crippen LogP contribution in [-0.4, -0.2) is 44.2 Å². The maximum Gasteiger partial charge on any atom is 0.225 e. The van der Waals surface area contributed by atoms with E-state index in [9.17, 15) is 4.79 Å². The molecule has 0 aromatic heterocycles. The molecule has 0 spiro atoms. The highest BCUT2D eigenvalue weighted by molar-refractivity contribution is 6.31. The van der Waals surface area contributed by atoms with Gasteiger partial charge in [0.05, 0.1) is 18.0 Å². The summed E-state index contributed by atoms with van der Waals surface area (Å²) in [5.41, 5.74) is 6.84. The van der Waals surface area contributed by atoms with E-state index in [2.05, 4.69) is 10.2 Å². The fraction of sp³-hybridized carbons (Fsp3) is 0.500. The first-order chi connectivity index (χ1) is 9.52. The average Bonchev–Trinajstić information content (AvgIpc) is 2.40. The molecule has 1 rings (SSSR count). The Bertz CT molecular complexity index is 440. The molecule has 1 aromatic carbocycles. The van der Waals surface area contributed by atoms with E-state index in [0.29, 0.717) is 42.6 Å². The number of ether oxygens (including phenoxy) is 1. The van der Waals surface area contributed by atoms with Crippen molar-refractivity contribution in [3.63, 3.8) is 0 Å². The van der Waals surface area contributed by atoms with Crippen LogP contribution < -0.4 is 11.1 Å². The summed E-state index contributed by atoms with van der Waals surface area (Å²) in [6, 6.07) is 5.02. The number of likely N-dealkylation sites (N-methyl/N-ethyl adjacent to an activating group) is 1. The van der Waals surface area contributed by atoms with Crippen molar-refractivity contribution in [1.29, 1.82) is 0 Å². The van der Waals surface area contributed by atoms with E-state index in [1.165, 1.54) is 0 Å². The number of hydrogen-bond acceptors (Lipinski definition) is 4. The number of nitrogens with two attached hydrogens (primary N) is 1. The number of hydrogen-bond donors (Lipinski definition) is 2. The maximum atomic E-state index is 11.8. The number of benzene rings is 1.